The molecule has 1 saturated heterocycles. The van der Waals surface area contributed by atoms with Crippen molar-refractivity contribution in [3.63, 3.8) is 0 Å². The van der Waals surface area contributed by atoms with Gasteiger partial charge in [-0.2, -0.15) is 5.10 Å². The predicted molar refractivity (Wildman–Crippen MR) is 164 cm³/mol. The minimum Gasteiger partial charge on any atom is -0.491 e. The second kappa shape index (κ2) is 12.4. The summed E-state index contributed by atoms with van der Waals surface area (Å²) in [4.78, 5) is 19.7. The maximum atomic E-state index is 12.3. The number of rotatable bonds is 4. The zero-order valence-corrected chi connectivity index (χ0v) is 24.3. The largest absolute Gasteiger partial charge is 0.491 e. The molecule has 2 aromatic heterocycles. The number of aryl methyl sites for hydroxylation is 2. The van der Waals surface area contributed by atoms with E-state index in [9.17, 15) is 4.79 Å². The zero-order chi connectivity index (χ0) is 28.2. The number of fused-ring (bicyclic) bond motifs is 3. The summed E-state index contributed by atoms with van der Waals surface area (Å²) < 4.78 is 5.83. The van der Waals surface area contributed by atoms with E-state index in [0.29, 0.717) is 30.1 Å². The lowest BCUT2D eigenvalue weighted by molar-refractivity contribution is 0.0957. The van der Waals surface area contributed by atoms with Crippen LogP contribution in [0.4, 0.5) is 0 Å². The van der Waals surface area contributed by atoms with Crippen LogP contribution in [0.2, 0.25) is 0 Å². The molecule has 2 N–H and O–H groups in total. The smallest absolute Gasteiger partial charge is 0.255 e. The molecule has 4 heterocycles. The highest BCUT2D eigenvalue weighted by Crippen LogP contribution is 2.34. The average molecular weight is 552 g/mol. The number of amides is 1. The first-order chi connectivity index (χ1) is 20.1. The fourth-order valence-corrected chi connectivity index (χ4v) is 6.23. The fraction of sp³-hybridized carbons (Fsp3) is 0.441. The summed E-state index contributed by atoms with van der Waals surface area (Å²) in [6.45, 7) is 7.86. The van der Waals surface area contributed by atoms with Gasteiger partial charge < -0.3 is 15.0 Å². The Balaban J connectivity index is 0.000000712. The van der Waals surface area contributed by atoms with E-state index in [1.165, 1.54) is 74.7 Å². The lowest BCUT2D eigenvalue weighted by Crippen LogP contribution is -2.32. The Morgan fingerprint density at radius 3 is 2.51 bits per heavy atom. The maximum Gasteiger partial charge on any atom is 0.255 e. The van der Waals surface area contributed by atoms with Crippen molar-refractivity contribution in [1.82, 2.24) is 25.4 Å². The van der Waals surface area contributed by atoms with E-state index < -0.39 is 0 Å². The Morgan fingerprint density at radius 1 is 0.927 bits per heavy atom. The summed E-state index contributed by atoms with van der Waals surface area (Å²) >= 11 is 0. The average Bonchev–Trinajstić information content (AvgIpc) is 3.60. The van der Waals surface area contributed by atoms with Crippen LogP contribution in [-0.4, -0.2) is 58.3 Å². The molecular formula is C34H41N5O2. The van der Waals surface area contributed by atoms with Gasteiger partial charge in [0.15, 0.2) is 5.65 Å². The molecule has 0 spiro atoms. The van der Waals surface area contributed by atoms with Crippen LogP contribution >= 0.6 is 0 Å². The van der Waals surface area contributed by atoms with Crippen molar-refractivity contribution < 1.29 is 9.53 Å². The summed E-state index contributed by atoms with van der Waals surface area (Å²) in [7, 11) is 0. The normalized spacial score (nSPS) is 18.8. The molecule has 2 aliphatic heterocycles. The zero-order valence-electron chi connectivity index (χ0n) is 24.3. The highest BCUT2D eigenvalue weighted by Gasteiger charge is 2.25. The van der Waals surface area contributed by atoms with Gasteiger partial charge >= 0.3 is 0 Å². The van der Waals surface area contributed by atoms with Gasteiger partial charge in [-0.1, -0.05) is 51.0 Å². The van der Waals surface area contributed by atoms with E-state index in [-0.39, 0.29) is 5.91 Å². The first-order valence-corrected chi connectivity index (χ1v) is 15.4. The van der Waals surface area contributed by atoms with E-state index in [0.717, 1.165) is 34.7 Å². The lowest BCUT2D eigenvalue weighted by Gasteiger charge is -2.25. The van der Waals surface area contributed by atoms with Gasteiger partial charge in [-0.3, -0.25) is 9.89 Å². The van der Waals surface area contributed by atoms with Gasteiger partial charge in [0.1, 0.15) is 12.4 Å². The molecule has 1 amide bonds. The minimum absolute atomic E-state index is 0.104. The van der Waals surface area contributed by atoms with Crippen molar-refractivity contribution in [2.45, 2.75) is 71.3 Å². The van der Waals surface area contributed by atoms with Gasteiger partial charge in [0.2, 0.25) is 0 Å². The molecule has 41 heavy (non-hydrogen) atoms. The quantitative estimate of drug-likeness (QED) is 0.281. The molecule has 3 aliphatic rings. The Morgan fingerprint density at radius 2 is 1.71 bits per heavy atom. The van der Waals surface area contributed by atoms with E-state index in [4.69, 9.17) is 4.74 Å². The molecule has 4 aromatic rings. The first kappa shape index (κ1) is 27.5. The highest BCUT2D eigenvalue weighted by molar-refractivity contribution is 5.99. The molecule has 7 rings (SSSR count). The van der Waals surface area contributed by atoms with Gasteiger partial charge in [-0.15, -0.1) is 0 Å². The number of unbranched alkanes of at least 4 members (excludes halogenated alkanes) is 1. The SMILES string of the molecule is CCCC.O=C1NCCOc2cc(-c3[nH]nc4ncc(-c5ccc6c(c5)CCC(N5CCCC5)CC6)cc34)ccc21. The second-order valence-electron chi connectivity index (χ2n) is 11.5. The minimum atomic E-state index is -0.104. The molecule has 7 heteroatoms. The monoisotopic (exact) mass is 551 g/mol. The van der Waals surface area contributed by atoms with Crippen LogP contribution in [0.15, 0.2) is 48.7 Å². The Labute approximate surface area is 242 Å². The first-order valence-electron chi connectivity index (χ1n) is 15.4. The van der Waals surface area contributed by atoms with Crippen LogP contribution in [0, 0.1) is 0 Å². The number of nitrogens with zero attached hydrogens (tertiary/aromatic N) is 3. The molecule has 2 aromatic carbocycles. The van der Waals surface area contributed by atoms with Gasteiger partial charge in [0, 0.05) is 28.8 Å². The third kappa shape index (κ3) is 5.87. The molecule has 1 atom stereocenters. The molecule has 0 radical (unpaired) electrons. The number of ether oxygens (including phenoxy) is 1. The summed E-state index contributed by atoms with van der Waals surface area (Å²) in [5.41, 5.74) is 8.29. The van der Waals surface area contributed by atoms with Gasteiger partial charge in [-0.05, 0) is 86.5 Å². The van der Waals surface area contributed by atoms with E-state index in [1.807, 2.05) is 24.4 Å². The van der Waals surface area contributed by atoms with Crippen LogP contribution in [0.1, 0.15) is 73.9 Å². The van der Waals surface area contributed by atoms with Crippen LogP contribution in [0.5, 0.6) is 5.75 Å². The van der Waals surface area contributed by atoms with Gasteiger partial charge in [0.05, 0.1) is 17.8 Å². The summed E-state index contributed by atoms with van der Waals surface area (Å²) in [6, 6.07) is 15.5. The molecule has 214 valence electrons. The predicted octanol–water partition coefficient (Wildman–Crippen LogP) is 6.56. The Kier molecular flexibility index (Phi) is 8.33. The molecular weight excluding hydrogens is 510 g/mol. The standard InChI is InChI=1S/C30H31N5O2.C4H10/c36-30-25-10-7-22(17-27(25)37-14-11-31-30)28-26-16-23(18-32-29(26)34-33-28)21-4-3-19-5-8-24(9-6-20(19)15-21)35-12-1-2-13-35;1-3-4-2/h3-4,7,10,15-18,24H,1-2,5-6,8-9,11-14H2,(H,31,36)(H,32,33,34);3-4H2,1-2H3. The van der Waals surface area contributed by atoms with Crippen molar-refractivity contribution in [2.24, 2.45) is 0 Å². The van der Waals surface area contributed by atoms with Gasteiger partial charge in [-0.25, -0.2) is 4.98 Å². The Bertz CT molecular complexity index is 1520. The molecule has 1 unspecified atom stereocenters. The number of aromatic amines is 1. The second-order valence-corrected chi connectivity index (χ2v) is 11.5. The van der Waals surface area contributed by atoms with Crippen molar-refractivity contribution in [1.29, 1.82) is 0 Å². The Hall–Kier alpha value is -3.71. The number of hydrogen-bond donors (Lipinski definition) is 2. The number of hydrogen-bond acceptors (Lipinski definition) is 5. The van der Waals surface area contributed by atoms with Crippen LogP contribution in [-0.2, 0) is 12.8 Å². The van der Waals surface area contributed by atoms with Gasteiger partial charge in [0.25, 0.3) is 5.91 Å². The molecule has 0 bridgehead atoms. The number of nitrogens with one attached hydrogen (secondary N) is 2. The highest BCUT2D eigenvalue weighted by atomic mass is 16.5. The molecule has 1 fully saturated rings. The number of pyridine rings is 1. The maximum absolute atomic E-state index is 12.3. The molecule has 1 aliphatic carbocycles. The number of carbonyl (C=O) groups excluding carboxylic acids is 1. The van der Waals surface area contributed by atoms with Crippen molar-refractivity contribution in [3.05, 3.63) is 65.4 Å². The third-order valence-electron chi connectivity index (χ3n) is 8.76. The van der Waals surface area contributed by atoms with E-state index in [1.54, 1.807) is 0 Å². The number of likely N-dealkylation sites (tertiary alicyclic amines) is 1. The summed E-state index contributed by atoms with van der Waals surface area (Å²) in [6.07, 6.45) is 12.1. The van der Waals surface area contributed by atoms with Crippen LogP contribution < -0.4 is 10.1 Å². The van der Waals surface area contributed by atoms with Crippen LogP contribution in [0.3, 0.4) is 0 Å². The number of benzene rings is 2. The van der Waals surface area contributed by atoms with Crippen molar-refractivity contribution >= 4 is 16.9 Å². The molecule has 7 nitrogen and oxygen atoms in total. The summed E-state index contributed by atoms with van der Waals surface area (Å²) in [5, 5.41) is 11.4. The number of aromatic nitrogens is 3. The summed E-state index contributed by atoms with van der Waals surface area (Å²) in [5.74, 6) is 0.491. The number of H-pyrrole nitrogens is 1. The van der Waals surface area contributed by atoms with Crippen molar-refractivity contribution in [3.8, 4) is 28.1 Å². The fourth-order valence-electron chi connectivity index (χ4n) is 6.23. The van der Waals surface area contributed by atoms with Crippen molar-refractivity contribution in [2.75, 3.05) is 26.2 Å². The lowest BCUT2D eigenvalue weighted by atomic mass is 9.96. The third-order valence-corrected chi connectivity index (χ3v) is 8.76. The molecule has 0 saturated carbocycles. The number of carbonyl (C=O) groups is 1. The van der Waals surface area contributed by atoms with E-state index in [2.05, 4.69) is 63.5 Å². The topological polar surface area (TPSA) is 83.1 Å². The van der Waals surface area contributed by atoms with Crippen LogP contribution in [0.25, 0.3) is 33.4 Å². The van der Waals surface area contributed by atoms with E-state index >= 15 is 0 Å².